The Bertz CT molecular complexity index is 1240. The summed E-state index contributed by atoms with van der Waals surface area (Å²) in [7, 11) is 4.59. The summed E-state index contributed by atoms with van der Waals surface area (Å²) in [6.45, 7) is 12.4. The van der Waals surface area contributed by atoms with Gasteiger partial charge in [-0.1, -0.05) is 25.0 Å². The van der Waals surface area contributed by atoms with Gasteiger partial charge in [-0.3, -0.25) is 9.80 Å². The number of hydrogen-bond acceptors (Lipinski definition) is 4. The Labute approximate surface area is 215 Å². The van der Waals surface area contributed by atoms with Gasteiger partial charge in [-0.25, -0.2) is 9.97 Å². The number of rotatable bonds is 8. The van der Waals surface area contributed by atoms with Crippen molar-refractivity contribution < 1.29 is 0 Å². The maximum atomic E-state index is 5.07. The maximum absolute atomic E-state index is 5.07. The highest BCUT2D eigenvalue weighted by molar-refractivity contribution is 5.77. The predicted molar refractivity (Wildman–Crippen MR) is 149 cm³/mol. The molecule has 1 aliphatic rings. The molecular formula is C30H42N6. The Morgan fingerprint density at radius 2 is 1.14 bits per heavy atom. The first-order valence-corrected chi connectivity index (χ1v) is 13.7. The molecule has 5 rings (SSSR count). The summed E-state index contributed by atoms with van der Waals surface area (Å²) in [4.78, 5) is 15.3. The molecule has 0 N–H and O–H groups in total. The van der Waals surface area contributed by atoms with E-state index in [1.165, 1.54) is 59.5 Å². The highest BCUT2D eigenvalue weighted by Gasteiger charge is 2.32. The van der Waals surface area contributed by atoms with Gasteiger partial charge in [0.2, 0.25) is 0 Å². The van der Waals surface area contributed by atoms with Gasteiger partial charge in [-0.05, 0) is 90.0 Å². The zero-order chi connectivity index (χ0) is 25.4. The smallest absolute Gasteiger partial charge is 0.124 e. The lowest BCUT2D eigenvalue weighted by molar-refractivity contribution is 0.0656. The summed E-state index contributed by atoms with van der Waals surface area (Å²) in [5, 5.41) is 0. The number of likely N-dealkylation sites (N-methyl/N-ethyl adjacent to an activating group) is 2. The van der Waals surface area contributed by atoms with Crippen molar-refractivity contribution in [1.29, 1.82) is 0 Å². The van der Waals surface area contributed by atoms with E-state index in [-0.39, 0.29) is 0 Å². The highest BCUT2D eigenvalue weighted by Crippen LogP contribution is 2.29. The van der Waals surface area contributed by atoms with E-state index >= 15 is 0 Å². The van der Waals surface area contributed by atoms with Gasteiger partial charge in [-0.15, -0.1) is 0 Å². The van der Waals surface area contributed by atoms with Crippen molar-refractivity contribution in [2.45, 2.75) is 91.6 Å². The quantitative estimate of drug-likeness (QED) is 0.310. The predicted octanol–water partition coefficient (Wildman–Crippen LogP) is 5.92. The van der Waals surface area contributed by atoms with Crippen molar-refractivity contribution >= 4 is 22.1 Å². The van der Waals surface area contributed by atoms with Crippen molar-refractivity contribution in [1.82, 2.24) is 28.9 Å². The molecular weight excluding hydrogens is 444 g/mol. The zero-order valence-corrected chi connectivity index (χ0v) is 23.0. The van der Waals surface area contributed by atoms with Crippen LogP contribution in [0.2, 0.25) is 0 Å². The summed E-state index contributed by atoms with van der Waals surface area (Å²) in [5.41, 5.74) is 7.27. The van der Waals surface area contributed by atoms with E-state index in [9.17, 15) is 0 Å². The number of nitrogens with zero attached hydrogens (tertiary/aromatic N) is 6. The number of aromatic nitrogens is 4. The normalized spacial score (nSPS) is 18.8. The van der Waals surface area contributed by atoms with Crippen LogP contribution < -0.4 is 0 Å². The number of benzene rings is 2. The van der Waals surface area contributed by atoms with Crippen LogP contribution in [0.25, 0.3) is 22.1 Å². The van der Waals surface area contributed by atoms with Crippen LogP contribution in [0.4, 0.5) is 0 Å². The third-order valence-corrected chi connectivity index (χ3v) is 8.21. The first kappa shape index (κ1) is 25.0. The molecule has 2 aromatic heterocycles. The van der Waals surface area contributed by atoms with Gasteiger partial charge in [0.15, 0.2) is 0 Å². The molecule has 6 nitrogen and oxygen atoms in total. The van der Waals surface area contributed by atoms with Crippen LogP contribution >= 0.6 is 0 Å². The molecule has 0 saturated heterocycles. The minimum absolute atomic E-state index is 0.511. The molecule has 36 heavy (non-hydrogen) atoms. The van der Waals surface area contributed by atoms with Gasteiger partial charge in [0.1, 0.15) is 11.6 Å². The molecule has 0 bridgehead atoms. The standard InChI is InChI=1S/C30H42N6/c1-7-35-25-15-13-21(3)17-23(25)31-29(35)19-33(5)27-11-9-10-12-28(27)34(6)20-30-32-24-18-22(4)14-16-26(24)36(30)8-2/h13-18,27-28H,7-12,19-20H2,1-6H3/t27-,28-/m1/s1. The highest BCUT2D eigenvalue weighted by atomic mass is 15.3. The van der Waals surface area contributed by atoms with Crippen LogP contribution in [-0.4, -0.2) is 55.1 Å². The largest absolute Gasteiger partial charge is 0.327 e. The number of hydrogen-bond donors (Lipinski definition) is 0. The van der Waals surface area contributed by atoms with E-state index in [1.807, 2.05) is 0 Å². The molecule has 1 aliphatic carbocycles. The minimum Gasteiger partial charge on any atom is -0.327 e. The summed E-state index contributed by atoms with van der Waals surface area (Å²) in [6, 6.07) is 14.3. The van der Waals surface area contributed by atoms with E-state index in [0.717, 1.165) is 37.2 Å². The van der Waals surface area contributed by atoms with Crippen LogP contribution in [0.5, 0.6) is 0 Å². The van der Waals surface area contributed by atoms with Crippen molar-refractivity contribution in [3.63, 3.8) is 0 Å². The fourth-order valence-corrected chi connectivity index (χ4v) is 6.33. The molecule has 6 heteroatoms. The van der Waals surface area contributed by atoms with Crippen LogP contribution in [0, 0.1) is 13.8 Å². The number of imidazole rings is 2. The molecule has 4 aromatic rings. The van der Waals surface area contributed by atoms with Gasteiger partial charge in [0.25, 0.3) is 0 Å². The lowest BCUT2D eigenvalue weighted by Gasteiger charge is -2.42. The molecule has 0 amide bonds. The van der Waals surface area contributed by atoms with E-state index in [0.29, 0.717) is 12.1 Å². The molecule has 2 aromatic carbocycles. The Kier molecular flexibility index (Phi) is 7.18. The second-order valence-electron chi connectivity index (χ2n) is 10.8. The molecule has 0 aliphatic heterocycles. The van der Waals surface area contributed by atoms with Gasteiger partial charge in [0.05, 0.1) is 35.2 Å². The van der Waals surface area contributed by atoms with Crippen LogP contribution in [0.15, 0.2) is 36.4 Å². The average Bonchev–Trinajstić information content (AvgIpc) is 3.39. The second kappa shape index (κ2) is 10.3. The second-order valence-corrected chi connectivity index (χ2v) is 10.8. The Morgan fingerprint density at radius 3 is 1.53 bits per heavy atom. The first-order valence-electron chi connectivity index (χ1n) is 13.7. The molecule has 0 unspecified atom stereocenters. The zero-order valence-electron chi connectivity index (χ0n) is 23.0. The molecule has 2 heterocycles. The van der Waals surface area contributed by atoms with Crippen LogP contribution in [-0.2, 0) is 26.2 Å². The number of aryl methyl sites for hydroxylation is 4. The maximum Gasteiger partial charge on any atom is 0.124 e. The van der Waals surface area contributed by atoms with Crippen molar-refractivity contribution in [2.24, 2.45) is 0 Å². The van der Waals surface area contributed by atoms with Crippen LogP contribution in [0.3, 0.4) is 0 Å². The molecule has 1 saturated carbocycles. The summed E-state index contributed by atoms with van der Waals surface area (Å²) >= 11 is 0. The topological polar surface area (TPSA) is 42.1 Å². The SMILES string of the molecule is CCn1c(CN(C)[C@@H]2CCCC[C@H]2N(C)Cc2nc3cc(C)ccc3n2CC)nc2cc(C)ccc21. The Hall–Kier alpha value is -2.70. The number of fused-ring (bicyclic) bond motifs is 2. The first-order chi connectivity index (χ1) is 17.4. The van der Waals surface area contributed by atoms with E-state index < -0.39 is 0 Å². The molecule has 1 fully saturated rings. The van der Waals surface area contributed by atoms with Gasteiger partial charge >= 0.3 is 0 Å². The molecule has 0 radical (unpaired) electrons. The van der Waals surface area contributed by atoms with Crippen molar-refractivity contribution in [3.05, 3.63) is 59.2 Å². The fraction of sp³-hybridized carbons (Fsp3) is 0.533. The van der Waals surface area contributed by atoms with E-state index in [1.54, 1.807) is 0 Å². The summed E-state index contributed by atoms with van der Waals surface area (Å²) in [6.07, 6.45) is 5.08. The minimum atomic E-state index is 0.511. The lowest BCUT2D eigenvalue weighted by atomic mass is 9.88. The van der Waals surface area contributed by atoms with E-state index in [4.69, 9.17) is 9.97 Å². The molecule has 2 atom stereocenters. The summed E-state index contributed by atoms with van der Waals surface area (Å²) in [5.74, 6) is 2.35. The Morgan fingerprint density at radius 1 is 0.722 bits per heavy atom. The Balaban J connectivity index is 1.37. The molecule has 192 valence electrons. The summed E-state index contributed by atoms with van der Waals surface area (Å²) < 4.78 is 4.77. The average molecular weight is 487 g/mol. The van der Waals surface area contributed by atoms with E-state index in [2.05, 4.69) is 97.1 Å². The van der Waals surface area contributed by atoms with Crippen molar-refractivity contribution in [2.75, 3.05) is 14.1 Å². The third kappa shape index (κ3) is 4.69. The van der Waals surface area contributed by atoms with Gasteiger partial charge < -0.3 is 9.13 Å². The fourth-order valence-electron chi connectivity index (χ4n) is 6.33. The molecule has 0 spiro atoms. The third-order valence-electron chi connectivity index (χ3n) is 8.21. The van der Waals surface area contributed by atoms with Crippen molar-refractivity contribution in [3.8, 4) is 0 Å². The monoisotopic (exact) mass is 486 g/mol. The van der Waals surface area contributed by atoms with Crippen LogP contribution in [0.1, 0.15) is 62.3 Å². The van der Waals surface area contributed by atoms with Gasteiger partial charge in [0, 0.05) is 25.2 Å². The van der Waals surface area contributed by atoms with Gasteiger partial charge in [-0.2, -0.15) is 0 Å². The lowest BCUT2D eigenvalue weighted by Crippen LogP contribution is -2.50.